The number of halogens is 1. The van der Waals surface area contributed by atoms with E-state index in [1.54, 1.807) is 30.3 Å². The SMILES string of the molecule is O=C(O)c1ccc(CCNC(=O)c2coc(Br)c2)cc1. The van der Waals surface area contributed by atoms with Crippen molar-refractivity contribution in [1.29, 1.82) is 0 Å². The molecule has 2 aromatic rings. The number of carboxylic acid groups (broad SMARTS) is 1. The smallest absolute Gasteiger partial charge is 0.335 e. The minimum Gasteiger partial charge on any atom is -0.478 e. The highest BCUT2D eigenvalue weighted by molar-refractivity contribution is 9.10. The van der Waals surface area contributed by atoms with Gasteiger partial charge in [-0.1, -0.05) is 12.1 Å². The molecule has 1 aromatic heterocycles. The van der Waals surface area contributed by atoms with Gasteiger partial charge in [-0.25, -0.2) is 4.79 Å². The Morgan fingerprint density at radius 2 is 1.90 bits per heavy atom. The highest BCUT2D eigenvalue weighted by Gasteiger charge is 2.08. The third-order valence-corrected chi connectivity index (χ3v) is 3.15. The van der Waals surface area contributed by atoms with Gasteiger partial charge in [-0.05, 0) is 40.0 Å². The maximum atomic E-state index is 11.7. The number of carbonyl (C=O) groups is 2. The van der Waals surface area contributed by atoms with Gasteiger partial charge in [0.25, 0.3) is 5.91 Å². The number of carboxylic acids is 1. The summed E-state index contributed by atoms with van der Waals surface area (Å²) in [5.74, 6) is -1.16. The molecule has 0 aliphatic carbocycles. The number of hydrogen-bond donors (Lipinski definition) is 2. The van der Waals surface area contributed by atoms with E-state index >= 15 is 0 Å². The van der Waals surface area contributed by atoms with E-state index in [9.17, 15) is 9.59 Å². The first-order valence-electron chi connectivity index (χ1n) is 5.91. The molecule has 0 fully saturated rings. The molecule has 5 nitrogen and oxygen atoms in total. The molecule has 2 N–H and O–H groups in total. The monoisotopic (exact) mass is 337 g/mol. The van der Waals surface area contributed by atoms with Crippen LogP contribution < -0.4 is 5.32 Å². The van der Waals surface area contributed by atoms with Crippen LogP contribution in [0, 0.1) is 0 Å². The Balaban J connectivity index is 1.83. The van der Waals surface area contributed by atoms with Gasteiger partial charge in [0.2, 0.25) is 0 Å². The van der Waals surface area contributed by atoms with E-state index in [4.69, 9.17) is 9.52 Å². The minimum absolute atomic E-state index is 0.207. The first-order chi connectivity index (χ1) is 9.56. The van der Waals surface area contributed by atoms with Crippen molar-refractivity contribution in [2.45, 2.75) is 6.42 Å². The van der Waals surface area contributed by atoms with Crippen LogP contribution in [-0.2, 0) is 6.42 Å². The fourth-order valence-corrected chi connectivity index (χ4v) is 2.01. The number of rotatable bonds is 5. The van der Waals surface area contributed by atoms with Crippen molar-refractivity contribution in [1.82, 2.24) is 5.32 Å². The summed E-state index contributed by atoms with van der Waals surface area (Å²) in [6.45, 7) is 0.466. The molecule has 1 amide bonds. The van der Waals surface area contributed by atoms with Gasteiger partial charge in [0, 0.05) is 12.6 Å². The molecule has 0 atom stereocenters. The average molecular weight is 338 g/mol. The van der Waals surface area contributed by atoms with Crippen LogP contribution in [0.15, 0.2) is 45.7 Å². The third-order valence-electron chi connectivity index (χ3n) is 2.73. The molecule has 1 heterocycles. The van der Waals surface area contributed by atoms with Gasteiger partial charge in [-0.3, -0.25) is 4.79 Å². The zero-order chi connectivity index (χ0) is 14.5. The molecule has 0 radical (unpaired) electrons. The lowest BCUT2D eigenvalue weighted by atomic mass is 10.1. The fraction of sp³-hybridized carbons (Fsp3) is 0.143. The molecule has 0 unspecified atom stereocenters. The van der Waals surface area contributed by atoms with E-state index in [0.717, 1.165) is 5.56 Å². The Morgan fingerprint density at radius 3 is 2.45 bits per heavy atom. The van der Waals surface area contributed by atoms with Gasteiger partial charge >= 0.3 is 5.97 Å². The number of aromatic carboxylic acids is 1. The van der Waals surface area contributed by atoms with Crippen molar-refractivity contribution in [2.75, 3.05) is 6.54 Å². The van der Waals surface area contributed by atoms with Crippen LogP contribution in [0.25, 0.3) is 0 Å². The maximum absolute atomic E-state index is 11.7. The summed E-state index contributed by atoms with van der Waals surface area (Å²) in [5, 5.41) is 11.5. The predicted molar refractivity (Wildman–Crippen MR) is 75.8 cm³/mol. The van der Waals surface area contributed by atoms with Crippen molar-refractivity contribution in [3.63, 3.8) is 0 Å². The Labute approximate surface area is 123 Å². The molecule has 2 rings (SSSR count). The predicted octanol–water partition coefficient (Wildman–Crippen LogP) is 2.71. The lowest BCUT2D eigenvalue weighted by Gasteiger charge is -2.04. The van der Waals surface area contributed by atoms with Crippen LogP contribution in [0.1, 0.15) is 26.3 Å². The standard InChI is InChI=1S/C14H12BrNO4/c15-12-7-11(8-20-12)13(17)16-6-5-9-1-3-10(4-2-9)14(18)19/h1-4,7-8H,5-6H2,(H,16,17)(H,18,19). The minimum atomic E-state index is -0.949. The van der Waals surface area contributed by atoms with E-state index in [0.29, 0.717) is 23.2 Å². The van der Waals surface area contributed by atoms with Gasteiger partial charge in [0.15, 0.2) is 4.67 Å². The number of hydrogen-bond acceptors (Lipinski definition) is 3. The largest absolute Gasteiger partial charge is 0.478 e. The summed E-state index contributed by atoms with van der Waals surface area (Å²) in [5.41, 5.74) is 1.67. The molecular weight excluding hydrogens is 326 g/mol. The van der Waals surface area contributed by atoms with Gasteiger partial charge in [-0.15, -0.1) is 0 Å². The van der Waals surface area contributed by atoms with Crippen LogP contribution in [0.4, 0.5) is 0 Å². The van der Waals surface area contributed by atoms with Gasteiger partial charge in [0.1, 0.15) is 6.26 Å². The molecule has 6 heteroatoms. The summed E-state index contributed by atoms with van der Waals surface area (Å²) in [6.07, 6.45) is 2.01. The molecule has 1 aromatic carbocycles. The van der Waals surface area contributed by atoms with Crippen molar-refractivity contribution in [3.8, 4) is 0 Å². The van der Waals surface area contributed by atoms with E-state index in [-0.39, 0.29) is 11.5 Å². The molecule has 0 saturated carbocycles. The number of furan rings is 1. The molecule has 0 aliphatic heterocycles. The highest BCUT2D eigenvalue weighted by atomic mass is 79.9. The second-order valence-corrected chi connectivity index (χ2v) is 4.93. The summed E-state index contributed by atoms with van der Waals surface area (Å²) in [7, 11) is 0. The molecule has 0 bridgehead atoms. The Kier molecular flexibility index (Phi) is 4.57. The Morgan fingerprint density at radius 1 is 1.20 bits per heavy atom. The number of benzene rings is 1. The van der Waals surface area contributed by atoms with Gasteiger partial charge in [0.05, 0.1) is 11.1 Å². The van der Waals surface area contributed by atoms with Crippen molar-refractivity contribution in [3.05, 3.63) is 58.0 Å². The van der Waals surface area contributed by atoms with Crippen LogP contribution in [0.5, 0.6) is 0 Å². The van der Waals surface area contributed by atoms with Crippen LogP contribution in [0.3, 0.4) is 0 Å². The van der Waals surface area contributed by atoms with Crippen LogP contribution >= 0.6 is 15.9 Å². The number of carbonyl (C=O) groups excluding carboxylic acids is 1. The highest BCUT2D eigenvalue weighted by Crippen LogP contribution is 2.13. The molecule has 104 valence electrons. The second-order valence-electron chi connectivity index (χ2n) is 4.15. The maximum Gasteiger partial charge on any atom is 0.335 e. The molecule has 0 aliphatic rings. The normalized spacial score (nSPS) is 10.2. The zero-order valence-corrected chi connectivity index (χ0v) is 12.0. The second kappa shape index (κ2) is 6.38. The Bertz CT molecular complexity index is 618. The van der Waals surface area contributed by atoms with E-state index in [1.165, 1.54) is 6.26 Å². The van der Waals surface area contributed by atoms with Gasteiger partial charge in [-0.2, -0.15) is 0 Å². The molecule has 0 saturated heterocycles. The summed E-state index contributed by atoms with van der Waals surface area (Å²) < 4.78 is 5.49. The topological polar surface area (TPSA) is 79.5 Å². The van der Waals surface area contributed by atoms with Crippen LogP contribution in [0.2, 0.25) is 0 Å². The fourth-order valence-electron chi connectivity index (χ4n) is 1.67. The van der Waals surface area contributed by atoms with Crippen molar-refractivity contribution >= 4 is 27.8 Å². The lowest BCUT2D eigenvalue weighted by molar-refractivity contribution is 0.0696. The van der Waals surface area contributed by atoms with Crippen molar-refractivity contribution in [2.24, 2.45) is 0 Å². The zero-order valence-electron chi connectivity index (χ0n) is 10.4. The molecule has 0 spiro atoms. The summed E-state index contributed by atoms with van der Waals surface area (Å²) in [4.78, 5) is 22.4. The summed E-state index contributed by atoms with van der Waals surface area (Å²) >= 11 is 3.13. The number of nitrogens with one attached hydrogen (secondary N) is 1. The van der Waals surface area contributed by atoms with Crippen LogP contribution in [-0.4, -0.2) is 23.5 Å². The molecular formula is C14H12BrNO4. The first-order valence-corrected chi connectivity index (χ1v) is 6.70. The van der Waals surface area contributed by atoms with Crippen molar-refractivity contribution < 1.29 is 19.1 Å². The van der Waals surface area contributed by atoms with E-state index < -0.39 is 5.97 Å². The molecule has 20 heavy (non-hydrogen) atoms. The van der Waals surface area contributed by atoms with E-state index in [1.807, 2.05) is 0 Å². The third kappa shape index (κ3) is 3.71. The Hall–Kier alpha value is -2.08. The lowest BCUT2D eigenvalue weighted by Crippen LogP contribution is -2.25. The summed E-state index contributed by atoms with van der Waals surface area (Å²) in [6, 6.07) is 8.17. The van der Waals surface area contributed by atoms with Gasteiger partial charge < -0.3 is 14.8 Å². The quantitative estimate of drug-likeness (QED) is 0.879. The first kappa shape index (κ1) is 14.3. The van der Waals surface area contributed by atoms with E-state index in [2.05, 4.69) is 21.2 Å². The number of amides is 1. The average Bonchev–Trinajstić information content (AvgIpc) is 2.86.